The third kappa shape index (κ3) is 5.14. The van der Waals surface area contributed by atoms with Crippen LogP contribution in [0.1, 0.15) is 18.9 Å². The van der Waals surface area contributed by atoms with E-state index in [1.165, 1.54) is 12.0 Å². The monoisotopic (exact) mass is 222 g/mol. The molecule has 0 amide bonds. The molecule has 0 fully saturated rings. The molecule has 3 heteroatoms. The van der Waals surface area contributed by atoms with E-state index < -0.39 is 0 Å². The van der Waals surface area contributed by atoms with Crippen molar-refractivity contribution >= 4 is 0 Å². The lowest BCUT2D eigenvalue weighted by atomic mass is 10.2. The minimum absolute atomic E-state index is 0.330. The second-order valence-electron chi connectivity index (χ2n) is 4.15. The van der Waals surface area contributed by atoms with Crippen molar-refractivity contribution in [2.75, 3.05) is 26.7 Å². The average molecular weight is 222 g/mol. The molecular formula is C13H22N2O. The van der Waals surface area contributed by atoms with E-state index in [0.717, 1.165) is 26.2 Å². The van der Waals surface area contributed by atoms with Gasteiger partial charge in [-0.3, -0.25) is 0 Å². The molecule has 1 aromatic rings. The third-order valence-corrected chi connectivity index (χ3v) is 2.49. The number of phenolic OH excluding ortho intramolecular Hbond substituents is 1. The van der Waals surface area contributed by atoms with Crippen LogP contribution in [0.25, 0.3) is 0 Å². The molecule has 3 nitrogen and oxygen atoms in total. The van der Waals surface area contributed by atoms with Gasteiger partial charge in [-0.1, -0.05) is 19.1 Å². The first-order chi connectivity index (χ1) is 7.72. The first-order valence-electron chi connectivity index (χ1n) is 5.89. The molecule has 90 valence electrons. The Morgan fingerprint density at radius 2 is 1.88 bits per heavy atom. The molecule has 0 atom stereocenters. The van der Waals surface area contributed by atoms with E-state index in [9.17, 15) is 0 Å². The molecule has 0 aromatic heterocycles. The topological polar surface area (TPSA) is 35.5 Å². The molecule has 0 aliphatic carbocycles. The van der Waals surface area contributed by atoms with Gasteiger partial charge in [-0.25, -0.2) is 0 Å². The van der Waals surface area contributed by atoms with Crippen molar-refractivity contribution in [1.82, 2.24) is 10.2 Å². The second-order valence-corrected chi connectivity index (χ2v) is 4.15. The summed E-state index contributed by atoms with van der Waals surface area (Å²) in [6.45, 7) is 6.26. The van der Waals surface area contributed by atoms with Gasteiger partial charge in [-0.05, 0) is 37.7 Å². The number of nitrogens with one attached hydrogen (secondary N) is 1. The molecule has 0 spiro atoms. The molecule has 1 aromatic carbocycles. The van der Waals surface area contributed by atoms with Crippen LogP contribution in [0.5, 0.6) is 5.75 Å². The molecule has 0 unspecified atom stereocenters. The maximum absolute atomic E-state index is 9.17. The summed E-state index contributed by atoms with van der Waals surface area (Å²) in [7, 11) is 2.11. The van der Waals surface area contributed by atoms with Gasteiger partial charge in [0.15, 0.2) is 0 Å². The van der Waals surface area contributed by atoms with Crippen LogP contribution in [-0.4, -0.2) is 36.7 Å². The molecule has 0 heterocycles. The van der Waals surface area contributed by atoms with Crippen molar-refractivity contribution in [1.29, 1.82) is 0 Å². The Balaban J connectivity index is 2.23. The Bertz CT molecular complexity index is 284. The largest absolute Gasteiger partial charge is 0.508 e. The SMILES string of the molecule is CCCNCCN(C)Cc1ccc(O)cc1. The zero-order valence-corrected chi connectivity index (χ0v) is 10.2. The van der Waals surface area contributed by atoms with E-state index in [2.05, 4.69) is 24.2 Å². The van der Waals surface area contributed by atoms with Crippen LogP contribution in [0.4, 0.5) is 0 Å². The highest BCUT2D eigenvalue weighted by atomic mass is 16.3. The Labute approximate surface area is 98.1 Å². The van der Waals surface area contributed by atoms with Gasteiger partial charge >= 0.3 is 0 Å². The van der Waals surface area contributed by atoms with Crippen LogP contribution in [0.3, 0.4) is 0 Å². The molecule has 16 heavy (non-hydrogen) atoms. The lowest BCUT2D eigenvalue weighted by molar-refractivity contribution is 0.324. The summed E-state index contributed by atoms with van der Waals surface area (Å²) in [5.74, 6) is 0.330. The number of rotatable bonds is 7. The smallest absolute Gasteiger partial charge is 0.115 e. The van der Waals surface area contributed by atoms with E-state index >= 15 is 0 Å². The molecule has 0 saturated carbocycles. The van der Waals surface area contributed by atoms with Gasteiger partial charge < -0.3 is 15.3 Å². The fraction of sp³-hybridized carbons (Fsp3) is 0.538. The normalized spacial score (nSPS) is 10.9. The number of benzene rings is 1. The molecule has 0 bridgehead atoms. The highest BCUT2D eigenvalue weighted by Crippen LogP contribution is 2.10. The highest BCUT2D eigenvalue weighted by Gasteiger charge is 1.99. The third-order valence-electron chi connectivity index (χ3n) is 2.49. The van der Waals surface area contributed by atoms with Crippen molar-refractivity contribution < 1.29 is 5.11 Å². The van der Waals surface area contributed by atoms with Gasteiger partial charge in [0.2, 0.25) is 0 Å². The zero-order valence-electron chi connectivity index (χ0n) is 10.2. The van der Waals surface area contributed by atoms with Crippen LogP contribution >= 0.6 is 0 Å². The summed E-state index contributed by atoms with van der Waals surface area (Å²) < 4.78 is 0. The summed E-state index contributed by atoms with van der Waals surface area (Å²) in [6.07, 6.45) is 1.18. The Kier molecular flexibility index (Phi) is 5.90. The molecule has 0 aliphatic heterocycles. The first kappa shape index (κ1) is 13.0. The van der Waals surface area contributed by atoms with Gasteiger partial charge in [-0.15, -0.1) is 0 Å². The summed E-state index contributed by atoms with van der Waals surface area (Å²) in [5.41, 5.74) is 1.23. The first-order valence-corrected chi connectivity index (χ1v) is 5.89. The number of hydrogen-bond acceptors (Lipinski definition) is 3. The molecule has 2 N–H and O–H groups in total. The second kappa shape index (κ2) is 7.25. The Hall–Kier alpha value is -1.06. The van der Waals surface area contributed by atoms with E-state index in [1.54, 1.807) is 12.1 Å². The Morgan fingerprint density at radius 1 is 1.19 bits per heavy atom. The van der Waals surface area contributed by atoms with Crippen molar-refractivity contribution in [2.24, 2.45) is 0 Å². The molecule has 1 rings (SSSR count). The summed E-state index contributed by atoms with van der Waals surface area (Å²) in [6, 6.07) is 7.40. The number of hydrogen-bond donors (Lipinski definition) is 2. The number of aromatic hydroxyl groups is 1. The van der Waals surface area contributed by atoms with Crippen molar-refractivity contribution in [3.05, 3.63) is 29.8 Å². The van der Waals surface area contributed by atoms with Crippen LogP contribution < -0.4 is 5.32 Å². The number of nitrogens with zero attached hydrogens (tertiary/aromatic N) is 1. The summed E-state index contributed by atoms with van der Waals surface area (Å²) >= 11 is 0. The average Bonchev–Trinajstić information content (AvgIpc) is 2.28. The van der Waals surface area contributed by atoms with Crippen LogP contribution in [0.15, 0.2) is 24.3 Å². The molecular weight excluding hydrogens is 200 g/mol. The minimum Gasteiger partial charge on any atom is -0.508 e. The fourth-order valence-electron chi connectivity index (χ4n) is 1.56. The number of phenols is 1. The molecule has 0 saturated heterocycles. The maximum Gasteiger partial charge on any atom is 0.115 e. The highest BCUT2D eigenvalue weighted by molar-refractivity contribution is 5.25. The Morgan fingerprint density at radius 3 is 2.50 bits per heavy atom. The van der Waals surface area contributed by atoms with Gasteiger partial charge in [0.25, 0.3) is 0 Å². The lowest BCUT2D eigenvalue weighted by Crippen LogP contribution is -2.29. The predicted octanol–water partition coefficient (Wildman–Crippen LogP) is 1.82. The lowest BCUT2D eigenvalue weighted by Gasteiger charge is -2.16. The van der Waals surface area contributed by atoms with E-state index in [1.807, 2.05) is 12.1 Å². The van der Waals surface area contributed by atoms with Crippen molar-refractivity contribution in [2.45, 2.75) is 19.9 Å². The quantitative estimate of drug-likeness (QED) is 0.691. The van der Waals surface area contributed by atoms with Gasteiger partial charge in [0, 0.05) is 19.6 Å². The van der Waals surface area contributed by atoms with Crippen LogP contribution in [0.2, 0.25) is 0 Å². The van der Waals surface area contributed by atoms with Crippen molar-refractivity contribution in [3.63, 3.8) is 0 Å². The van der Waals surface area contributed by atoms with Gasteiger partial charge in [-0.2, -0.15) is 0 Å². The molecule has 0 radical (unpaired) electrons. The van der Waals surface area contributed by atoms with Crippen LogP contribution in [0, 0.1) is 0 Å². The van der Waals surface area contributed by atoms with E-state index in [4.69, 9.17) is 5.11 Å². The standard InChI is InChI=1S/C13H22N2O/c1-3-8-14-9-10-15(2)11-12-4-6-13(16)7-5-12/h4-7,14,16H,3,8-11H2,1-2H3. The van der Waals surface area contributed by atoms with E-state index in [0.29, 0.717) is 5.75 Å². The minimum atomic E-state index is 0.330. The number of likely N-dealkylation sites (N-methyl/N-ethyl adjacent to an activating group) is 1. The van der Waals surface area contributed by atoms with Gasteiger partial charge in [0.1, 0.15) is 5.75 Å². The summed E-state index contributed by atoms with van der Waals surface area (Å²) in [4.78, 5) is 2.27. The van der Waals surface area contributed by atoms with Crippen LogP contribution in [-0.2, 0) is 6.54 Å². The maximum atomic E-state index is 9.17. The van der Waals surface area contributed by atoms with E-state index in [-0.39, 0.29) is 0 Å². The predicted molar refractivity (Wildman–Crippen MR) is 67.6 cm³/mol. The zero-order chi connectivity index (χ0) is 11.8. The summed E-state index contributed by atoms with van der Waals surface area (Å²) in [5, 5.41) is 12.5. The van der Waals surface area contributed by atoms with Crippen molar-refractivity contribution in [3.8, 4) is 5.75 Å². The molecule has 0 aliphatic rings. The fourth-order valence-corrected chi connectivity index (χ4v) is 1.56. The van der Waals surface area contributed by atoms with Gasteiger partial charge in [0.05, 0.1) is 0 Å².